The number of carbonyl (C=O) groups is 2. The van der Waals surface area contributed by atoms with Crippen molar-refractivity contribution in [1.29, 1.82) is 0 Å². The molecular formula is C14H25N5O3. The van der Waals surface area contributed by atoms with Gasteiger partial charge in [-0.3, -0.25) is 4.79 Å². The predicted octanol–water partition coefficient (Wildman–Crippen LogP) is 2.80. The molecule has 1 fully saturated rings. The van der Waals surface area contributed by atoms with Gasteiger partial charge in [0.05, 0.1) is 6.67 Å². The van der Waals surface area contributed by atoms with Crippen LogP contribution in [0.4, 0.5) is 4.79 Å². The monoisotopic (exact) mass is 311 g/mol. The van der Waals surface area contributed by atoms with Crippen LogP contribution >= 0.6 is 0 Å². The Morgan fingerprint density at radius 2 is 2.09 bits per heavy atom. The van der Waals surface area contributed by atoms with Gasteiger partial charge < -0.3 is 15.0 Å². The van der Waals surface area contributed by atoms with Gasteiger partial charge in [-0.1, -0.05) is 11.5 Å². The summed E-state index contributed by atoms with van der Waals surface area (Å²) < 4.78 is 5.24. The number of ether oxygens (including phenoxy) is 1. The second-order valence-electron chi connectivity index (χ2n) is 6.62. The van der Waals surface area contributed by atoms with E-state index in [0.717, 1.165) is 19.3 Å². The molecule has 0 bridgehead atoms. The molecule has 1 rings (SSSR count). The highest BCUT2D eigenvalue weighted by Crippen LogP contribution is 2.26. The van der Waals surface area contributed by atoms with Crippen molar-refractivity contribution in [2.24, 2.45) is 11.0 Å². The molecular weight excluding hydrogens is 286 g/mol. The summed E-state index contributed by atoms with van der Waals surface area (Å²) in [4.78, 5) is 28.1. The Morgan fingerprint density at radius 1 is 1.41 bits per heavy atom. The molecule has 1 aliphatic rings. The zero-order chi connectivity index (χ0) is 16.8. The first kappa shape index (κ1) is 18.1. The molecule has 2 amide bonds. The number of hydrogen-bond donors (Lipinski definition) is 1. The van der Waals surface area contributed by atoms with Crippen molar-refractivity contribution >= 4 is 12.0 Å². The summed E-state index contributed by atoms with van der Waals surface area (Å²) in [5.41, 5.74) is 7.76. The number of hydrogen-bond acceptors (Lipinski definition) is 4. The fourth-order valence-electron chi connectivity index (χ4n) is 2.52. The van der Waals surface area contributed by atoms with E-state index in [1.165, 1.54) is 4.90 Å². The second-order valence-corrected chi connectivity index (χ2v) is 6.62. The third-order valence-corrected chi connectivity index (χ3v) is 3.46. The number of rotatable bonds is 4. The van der Waals surface area contributed by atoms with Crippen LogP contribution in [0.25, 0.3) is 10.4 Å². The molecule has 8 heteroatoms. The number of azide groups is 1. The highest BCUT2D eigenvalue weighted by molar-refractivity contribution is 5.78. The van der Waals surface area contributed by atoms with E-state index in [4.69, 9.17) is 10.3 Å². The van der Waals surface area contributed by atoms with Crippen molar-refractivity contribution in [3.05, 3.63) is 10.4 Å². The Hall–Kier alpha value is -1.95. The van der Waals surface area contributed by atoms with Gasteiger partial charge in [0.2, 0.25) is 5.91 Å². The first-order valence-corrected chi connectivity index (χ1v) is 7.48. The molecule has 1 aliphatic carbocycles. The van der Waals surface area contributed by atoms with Gasteiger partial charge in [0.15, 0.2) is 0 Å². The van der Waals surface area contributed by atoms with Gasteiger partial charge in [0, 0.05) is 23.9 Å². The molecule has 22 heavy (non-hydrogen) atoms. The minimum atomic E-state index is -0.538. The SMILES string of the molecule is CN(CN=[N+]=[N-])C(=O)[C@H]1CCC[C@H](NC(=O)OC(C)(C)C)C1. The summed E-state index contributed by atoms with van der Waals surface area (Å²) in [5.74, 6) is -0.212. The number of nitrogens with one attached hydrogen (secondary N) is 1. The van der Waals surface area contributed by atoms with E-state index in [9.17, 15) is 9.59 Å². The Bertz CT molecular complexity index is 454. The second kappa shape index (κ2) is 7.89. The van der Waals surface area contributed by atoms with Crippen molar-refractivity contribution < 1.29 is 14.3 Å². The molecule has 1 saturated carbocycles. The highest BCUT2D eigenvalue weighted by atomic mass is 16.6. The summed E-state index contributed by atoms with van der Waals surface area (Å²) in [6.45, 7) is 5.45. The van der Waals surface area contributed by atoms with Gasteiger partial charge in [-0.2, -0.15) is 0 Å². The zero-order valence-electron chi connectivity index (χ0n) is 13.7. The van der Waals surface area contributed by atoms with Crippen LogP contribution in [-0.2, 0) is 9.53 Å². The van der Waals surface area contributed by atoms with Gasteiger partial charge in [0.1, 0.15) is 5.60 Å². The average Bonchev–Trinajstić information content (AvgIpc) is 2.42. The Balaban J connectivity index is 2.52. The maximum absolute atomic E-state index is 12.3. The van der Waals surface area contributed by atoms with E-state index in [1.807, 2.05) is 20.8 Å². The van der Waals surface area contributed by atoms with Gasteiger partial charge in [-0.15, -0.1) is 0 Å². The average molecular weight is 311 g/mol. The van der Waals surface area contributed by atoms with Crippen molar-refractivity contribution in [2.75, 3.05) is 13.7 Å². The van der Waals surface area contributed by atoms with Crippen LogP contribution in [0.5, 0.6) is 0 Å². The van der Waals surface area contributed by atoms with Crippen molar-refractivity contribution in [3.8, 4) is 0 Å². The quantitative estimate of drug-likeness (QED) is 0.490. The van der Waals surface area contributed by atoms with Crippen LogP contribution in [0, 0.1) is 5.92 Å². The summed E-state index contributed by atoms with van der Waals surface area (Å²) in [6.07, 6.45) is 2.62. The third-order valence-electron chi connectivity index (χ3n) is 3.46. The Morgan fingerprint density at radius 3 is 2.68 bits per heavy atom. The Labute approximate surface area is 130 Å². The fraction of sp³-hybridized carbons (Fsp3) is 0.857. The predicted molar refractivity (Wildman–Crippen MR) is 81.9 cm³/mol. The van der Waals surface area contributed by atoms with E-state index in [1.54, 1.807) is 7.05 Å². The van der Waals surface area contributed by atoms with E-state index in [-0.39, 0.29) is 24.5 Å². The minimum Gasteiger partial charge on any atom is -0.444 e. The molecule has 0 aromatic heterocycles. The lowest BCUT2D eigenvalue weighted by atomic mass is 9.85. The summed E-state index contributed by atoms with van der Waals surface area (Å²) in [6, 6.07) is -0.0644. The first-order valence-electron chi connectivity index (χ1n) is 7.48. The van der Waals surface area contributed by atoms with Gasteiger partial charge >= 0.3 is 6.09 Å². The van der Waals surface area contributed by atoms with Crippen molar-refractivity contribution in [1.82, 2.24) is 10.2 Å². The largest absolute Gasteiger partial charge is 0.444 e. The molecule has 0 spiro atoms. The van der Waals surface area contributed by atoms with Crippen LogP contribution in [-0.4, -0.2) is 42.3 Å². The molecule has 0 unspecified atom stereocenters. The molecule has 2 atom stereocenters. The first-order chi connectivity index (χ1) is 10.2. The van der Waals surface area contributed by atoms with Crippen LogP contribution in [0.15, 0.2) is 5.11 Å². The maximum atomic E-state index is 12.3. The molecule has 0 aromatic rings. The van der Waals surface area contributed by atoms with E-state index < -0.39 is 11.7 Å². The number of nitrogens with zero attached hydrogens (tertiary/aromatic N) is 4. The molecule has 0 aliphatic heterocycles. The number of amides is 2. The van der Waals surface area contributed by atoms with E-state index in [2.05, 4.69) is 15.3 Å². The molecule has 0 saturated heterocycles. The van der Waals surface area contributed by atoms with Gasteiger partial charge in [0.25, 0.3) is 0 Å². The zero-order valence-corrected chi connectivity index (χ0v) is 13.7. The topological polar surface area (TPSA) is 107 Å². The third kappa shape index (κ3) is 6.22. The highest BCUT2D eigenvalue weighted by Gasteiger charge is 2.30. The van der Waals surface area contributed by atoms with E-state index in [0.29, 0.717) is 6.42 Å². The maximum Gasteiger partial charge on any atom is 0.407 e. The van der Waals surface area contributed by atoms with Crippen LogP contribution in [0.2, 0.25) is 0 Å². The minimum absolute atomic E-state index is 0.0238. The van der Waals surface area contributed by atoms with Crippen molar-refractivity contribution in [3.63, 3.8) is 0 Å². The molecule has 8 nitrogen and oxygen atoms in total. The Kier molecular flexibility index (Phi) is 6.49. The lowest BCUT2D eigenvalue weighted by Crippen LogP contribution is -2.44. The summed E-state index contributed by atoms with van der Waals surface area (Å²) in [5, 5.41) is 6.22. The smallest absolute Gasteiger partial charge is 0.407 e. The molecule has 0 heterocycles. The molecule has 0 radical (unpaired) electrons. The lowest BCUT2D eigenvalue weighted by Gasteiger charge is -2.31. The van der Waals surface area contributed by atoms with Crippen LogP contribution in [0.1, 0.15) is 46.5 Å². The summed E-state index contributed by atoms with van der Waals surface area (Å²) >= 11 is 0. The number of alkyl carbamates (subject to hydrolysis) is 1. The van der Waals surface area contributed by atoms with Crippen molar-refractivity contribution in [2.45, 2.75) is 58.1 Å². The van der Waals surface area contributed by atoms with Crippen LogP contribution in [0.3, 0.4) is 0 Å². The van der Waals surface area contributed by atoms with Crippen LogP contribution < -0.4 is 5.32 Å². The molecule has 1 N–H and O–H groups in total. The standard InChI is InChI=1S/C14H25N5O3/c1-14(2,3)22-13(21)17-11-7-5-6-10(8-11)12(20)19(4)9-16-18-15/h10-11H,5-9H2,1-4H3,(H,17,21)/t10-,11-/m0/s1. The fourth-order valence-corrected chi connectivity index (χ4v) is 2.52. The van der Waals surface area contributed by atoms with E-state index >= 15 is 0 Å². The molecule has 0 aromatic carbocycles. The normalized spacial score (nSPS) is 21.5. The van der Waals surface area contributed by atoms with Gasteiger partial charge in [-0.05, 0) is 45.6 Å². The summed E-state index contributed by atoms with van der Waals surface area (Å²) in [7, 11) is 1.61. The number of carbonyl (C=O) groups excluding carboxylic acids is 2. The lowest BCUT2D eigenvalue weighted by molar-refractivity contribution is -0.135. The van der Waals surface area contributed by atoms with Gasteiger partial charge in [-0.25, -0.2) is 4.79 Å². The molecule has 124 valence electrons.